The molecule has 0 heterocycles. The first kappa shape index (κ1) is 11.4. The molecule has 2 rings (SSSR count). The molecular formula is C12H12N2O3. The summed E-state index contributed by atoms with van der Waals surface area (Å²) < 4.78 is 5.65. The van der Waals surface area contributed by atoms with Gasteiger partial charge in [0, 0.05) is 12.1 Å². The van der Waals surface area contributed by atoms with E-state index in [2.05, 4.69) is 0 Å². The molecule has 0 aliphatic heterocycles. The first-order valence-electron chi connectivity index (χ1n) is 5.47. The monoisotopic (exact) mass is 232 g/mol. The number of benzene rings is 1. The van der Waals surface area contributed by atoms with Crippen LogP contribution in [0.1, 0.15) is 25.3 Å². The van der Waals surface area contributed by atoms with Crippen molar-refractivity contribution in [3.63, 3.8) is 0 Å². The Balaban J connectivity index is 2.21. The number of hydrogen-bond donors (Lipinski definition) is 0. The second-order valence-corrected chi connectivity index (χ2v) is 4.21. The minimum atomic E-state index is -0.519. The van der Waals surface area contributed by atoms with Gasteiger partial charge in [-0.25, -0.2) is 0 Å². The van der Waals surface area contributed by atoms with Gasteiger partial charge in [-0.2, -0.15) is 5.26 Å². The molecule has 1 unspecified atom stereocenters. The molecule has 0 radical (unpaired) electrons. The van der Waals surface area contributed by atoms with E-state index in [1.807, 2.05) is 13.0 Å². The van der Waals surface area contributed by atoms with Crippen molar-refractivity contribution in [2.24, 2.45) is 5.92 Å². The Kier molecular flexibility index (Phi) is 2.96. The van der Waals surface area contributed by atoms with Crippen LogP contribution >= 0.6 is 0 Å². The van der Waals surface area contributed by atoms with Crippen LogP contribution in [0.4, 0.5) is 5.69 Å². The lowest BCUT2D eigenvalue weighted by molar-refractivity contribution is -0.384. The number of hydrogen-bond acceptors (Lipinski definition) is 4. The van der Waals surface area contributed by atoms with Crippen molar-refractivity contribution in [1.29, 1.82) is 5.26 Å². The fourth-order valence-corrected chi connectivity index (χ4v) is 1.68. The molecule has 0 saturated heterocycles. The normalized spacial score (nSPS) is 16.0. The molecule has 1 aromatic rings. The van der Waals surface area contributed by atoms with E-state index >= 15 is 0 Å². The van der Waals surface area contributed by atoms with E-state index in [9.17, 15) is 10.1 Å². The van der Waals surface area contributed by atoms with Crippen molar-refractivity contribution >= 4 is 5.69 Å². The third-order valence-corrected chi connectivity index (χ3v) is 2.89. The Bertz CT molecular complexity index is 489. The van der Waals surface area contributed by atoms with E-state index in [0.29, 0.717) is 11.7 Å². The molecule has 0 N–H and O–H groups in total. The fraction of sp³-hybridized carbons (Fsp3) is 0.417. The van der Waals surface area contributed by atoms with Crippen LogP contribution in [0.5, 0.6) is 5.75 Å². The molecule has 1 fully saturated rings. The van der Waals surface area contributed by atoms with Gasteiger partial charge in [0.05, 0.1) is 11.0 Å². The molecule has 5 heteroatoms. The summed E-state index contributed by atoms with van der Waals surface area (Å²) in [5, 5.41) is 19.5. The van der Waals surface area contributed by atoms with Gasteiger partial charge in [-0.3, -0.25) is 10.1 Å². The van der Waals surface area contributed by atoms with Crippen molar-refractivity contribution < 1.29 is 9.66 Å². The number of non-ortho nitro benzene ring substituents is 1. The summed E-state index contributed by atoms with van der Waals surface area (Å²) in [6.45, 7) is 1.96. The number of nitro groups is 1. The van der Waals surface area contributed by atoms with Crippen LogP contribution in [-0.4, -0.2) is 11.0 Å². The van der Waals surface area contributed by atoms with Crippen molar-refractivity contribution in [2.45, 2.75) is 25.9 Å². The van der Waals surface area contributed by atoms with Gasteiger partial charge in [0.1, 0.15) is 17.4 Å². The molecule has 0 aromatic heterocycles. The summed E-state index contributed by atoms with van der Waals surface area (Å²) in [7, 11) is 0. The molecule has 5 nitrogen and oxygen atoms in total. The Hall–Kier alpha value is -2.09. The molecule has 0 bridgehead atoms. The Labute approximate surface area is 98.8 Å². The summed E-state index contributed by atoms with van der Waals surface area (Å²) in [6, 6.07) is 6.02. The maximum atomic E-state index is 10.6. The van der Waals surface area contributed by atoms with Crippen molar-refractivity contribution in [3.05, 3.63) is 33.9 Å². The fourth-order valence-electron chi connectivity index (χ4n) is 1.68. The Morgan fingerprint density at radius 3 is 2.82 bits per heavy atom. The van der Waals surface area contributed by atoms with Gasteiger partial charge >= 0.3 is 0 Å². The van der Waals surface area contributed by atoms with Crippen LogP contribution in [0.2, 0.25) is 0 Å². The molecule has 1 aliphatic rings. The van der Waals surface area contributed by atoms with E-state index in [1.165, 1.54) is 18.2 Å². The van der Waals surface area contributed by atoms with E-state index in [4.69, 9.17) is 10.00 Å². The van der Waals surface area contributed by atoms with Gasteiger partial charge in [-0.1, -0.05) is 0 Å². The highest BCUT2D eigenvalue weighted by Crippen LogP contribution is 2.35. The maximum absolute atomic E-state index is 10.6. The minimum absolute atomic E-state index is 0.0588. The number of rotatable bonds is 4. The highest BCUT2D eigenvalue weighted by Gasteiger charge is 2.30. The predicted octanol–water partition coefficient (Wildman–Crippen LogP) is 2.64. The van der Waals surface area contributed by atoms with Gasteiger partial charge in [0.25, 0.3) is 5.69 Å². The van der Waals surface area contributed by atoms with Crippen LogP contribution in [0.25, 0.3) is 0 Å². The molecule has 0 spiro atoms. The lowest BCUT2D eigenvalue weighted by Crippen LogP contribution is -2.14. The SMILES string of the molecule is CC(Oc1ccc([N+](=O)[O-])cc1C#N)C1CC1. The molecular weight excluding hydrogens is 220 g/mol. The largest absolute Gasteiger partial charge is 0.489 e. The van der Waals surface area contributed by atoms with Gasteiger partial charge in [-0.15, -0.1) is 0 Å². The number of nitrogens with zero attached hydrogens (tertiary/aromatic N) is 2. The first-order chi connectivity index (χ1) is 8.11. The average molecular weight is 232 g/mol. The molecule has 1 aromatic carbocycles. The Morgan fingerprint density at radius 1 is 1.59 bits per heavy atom. The van der Waals surface area contributed by atoms with Gasteiger partial charge in [0.2, 0.25) is 0 Å². The smallest absolute Gasteiger partial charge is 0.271 e. The Morgan fingerprint density at radius 2 is 2.29 bits per heavy atom. The highest BCUT2D eigenvalue weighted by molar-refractivity contribution is 5.50. The van der Waals surface area contributed by atoms with Crippen LogP contribution < -0.4 is 4.74 Å². The first-order valence-corrected chi connectivity index (χ1v) is 5.47. The molecule has 1 aliphatic carbocycles. The summed E-state index contributed by atoms with van der Waals surface area (Å²) >= 11 is 0. The standard InChI is InChI=1S/C12H12N2O3/c1-8(9-2-3-9)17-12-5-4-11(14(15)16)6-10(12)7-13/h4-6,8-9H,2-3H2,1H3. The van der Waals surface area contributed by atoms with Crippen molar-refractivity contribution in [3.8, 4) is 11.8 Å². The lowest BCUT2D eigenvalue weighted by atomic mass is 10.2. The van der Waals surface area contributed by atoms with Crippen LogP contribution in [-0.2, 0) is 0 Å². The number of nitriles is 1. The highest BCUT2D eigenvalue weighted by atomic mass is 16.6. The second kappa shape index (κ2) is 4.42. The van der Waals surface area contributed by atoms with Gasteiger partial charge in [0.15, 0.2) is 0 Å². The van der Waals surface area contributed by atoms with E-state index < -0.39 is 4.92 Å². The summed E-state index contributed by atoms with van der Waals surface area (Å²) in [6.07, 6.45) is 2.36. The zero-order valence-corrected chi connectivity index (χ0v) is 9.42. The average Bonchev–Trinajstić information content (AvgIpc) is 3.13. The van der Waals surface area contributed by atoms with E-state index in [-0.39, 0.29) is 17.4 Å². The van der Waals surface area contributed by atoms with Crippen LogP contribution in [0.3, 0.4) is 0 Å². The van der Waals surface area contributed by atoms with E-state index in [0.717, 1.165) is 12.8 Å². The molecule has 17 heavy (non-hydrogen) atoms. The summed E-state index contributed by atoms with van der Waals surface area (Å²) in [4.78, 5) is 10.1. The maximum Gasteiger partial charge on any atom is 0.271 e. The third-order valence-electron chi connectivity index (χ3n) is 2.89. The second-order valence-electron chi connectivity index (χ2n) is 4.21. The molecule has 1 atom stereocenters. The zero-order chi connectivity index (χ0) is 12.4. The van der Waals surface area contributed by atoms with Gasteiger partial charge in [-0.05, 0) is 31.7 Å². The van der Waals surface area contributed by atoms with E-state index in [1.54, 1.807) is 0 Å². The molecule has 88 valence electrons. The lowest BCUT2D eigenvalue weighted by Gasteiger charge is -2.14. The predicted molar refractivity (Wildman–Crippen MR) is 60.6 cm³/mol. The quantitative estimate of drug-likeness (QED) is 0.590. The van der Waals surface area contributed by atoms with Crippen molar-refractivity contribution in [2.75, 3.05) is 0 Å². The molecule has 0 amide bonds. The summed E-state index contributed by atoms with van der Waals surface area (Å²) in [5.74, 6) is 0.981. The number of nitro benzene ring substituents is 1. The minimum Gasteiger partial charge on any atom is -0.489 e. The topological polar surface area (TPSA) is 76.2 Å². The van der Waals surface area contributed by atoms with Crippen LogP contribution in [0, 0.1) is 27.4 Å². The van der Waals surface area contributed by atoms with Crippen LogP contribution in [0.15, 0.2) is 18.2 Å². The van der Waals surface area contributed by atoms with Crippen molar-refractivity contribution in [1.82, 2.24) is 0 Å². The summed E-state index contributed by atoms with van der Waals surface area (Å²) in [5.41, 5.74) is 0.125. The van der Waals surface area contributed by atoms with Gasteiger partial charge < -0.3 is 4.74 Å². The zero-order valence-electron chi connectivity index (χ0n) is 9.42. The molecule has 1 saturated carbocycles. The third kappa shape index (κ3) is 2.53. The number of ether oxygens (including phenoxy) is 1.